The molecule has 0 spiro atoms. The maximum absolute atomic E-state index is 13.0. The van der Waals surface area contributed by atoms with Crippen LogP contribution in [-0.4, -0.2) is 67.0 Å². The van der Waals surface area contributed by atoms with Gasteiger partial charge in [-0.2, -0.15) is 0 Å². The number of aryl methyl sites for hydroxylation is 2. The monoisotopic (exact) mass is 414 g/mol. The number of amides is 2. The molecule has 2 amide bonds. The summed E-state index contributed by atoms with van der Waals surface area (Å²) in [5.74, 6) is 0.558. The van der Waals surface area contributed by atoms with Crippen molar-refractivity contribution in [2.24, 2.45) is 5.92 Å². The summed E-state index contributed by atoms with van der Waals surface area (Å²) >= 11 is 0. The van der Waals surface area contributed by atoms with Gasteiger partial charge in [0.15, 0.2) is 11.5 Å². The Balaban J connectivity index is 2.05. The standard InChI is InChI=1S/C23H34N4O3/c1-16(2)15-27(11-9-22(28)24-10-12-26(5)6)23(29)20-14-21(30-25-20)19-8-7-17(3)18(4)13-19/h7-8,13-14,16H,9-12,15H2,1-6H3,(H,24,28). The third kappa shape index (κ3) is 6.99. The lowest BCUT2D eigenvalue weighted by Gasteiger charge is -2.23. The second-order valence-electron chi connectivity index (χ2n) is 8.42. The highest BCUT2D eigenvalue weighted by atomic mass is 16.5. The smallest absolute Gasteiger partial charge is 0.276 e. The fourth-order valence-electron chi connectivity index (χ4n) is 3.03. The van der Waals surface area contributed by atoms with E-state index in [4.69, 9.17) is 4.52 Å². The number of carbonyl (C=O) groups excluding carboxylic acids is 2. The van der Waals surface area contributed by atoms with Crippen LogP contribution in [0.15, 0.2) is 28.8 Å². The van der Waals surface area contributed by atoms with E-state index in [1.165, 1.54) is 5.56 Å². The molecular formula is C23H34N4O3. The molecule has 0 unspecified atom stereocenters. The normalized spacial score (nSPS) is 11.2. The summed E-state index contributed by atoms with van der Waals surface area (Å²) in [6.07, 6.45) is 0.258. The van der Waals surface area contributed by atoms with Gasteiger partial charge in [0.1, 0.15) is 0 Å². The second kappa shape index (κ2) is 10.9. The molecule has 0 saturated carbocycles. The molecule has 1 aromatic carbocycles. The zero-order valence-corrected chi connectivity index (χ0v) is 19.0. The molecule has 0 aliphatic heterocycles. The molecule has 7 nitrogen and oxygen atoms in total. The average molecular weight is 415 g/mol. The first-order chi connectivity index (χ1) is 14.2. The van der Waals surface area contributed by atoms with Crippen LogP contribution in [0.1, 0.15) is 41.9 Å². The lowest BCUT2D eigenvalue weighted by atomic mass is 10.0. The first kappa shape index (κ1) is 23.6. The van der Waals surface area contributed by atoms with Crippen LogP contribution in [0.4, 0.5) is 0 Å². The van der Waals surface area contributed by atoms with Crippen molar-refractivity contribution >= 4 is 11.8 Å². The van der Waals surface area contributed by atoms with Crippen LogP contribution in [0.3, 0.4) is 0 Å². The van der Waals surface area contributed by atoms with E-state index >= 15 is 0 Å². The van der Waals surface area contributed by atoms with Crippen LogP contribution in [0.5, 0.6) is 0 Å². The Kier molecular flexibility index (Phi) is 8.59. The number of hydrogen-bond acceptors (Lipinski definition) is 5. The summed E-state index contributed by atoms with van der Waals surface area (Å²) in [5.41, 5.74) is 3.50. The molecule has 7 heteroatoms. The molecule has 2 aromatic rings. The number of nitrogens with one attached hydrogen (secondary N) is 1. The van der Waals surface area contributed by atoms with Crippen molar-refractivity contribution in [3.05, 3.63) is 41.1 Å². The van der Waals surface area contributed by atoms with Crippen molar-refractivity contribution in [3.63, 3.8) is 0 Å². The van der Waals surface area contributed by atoms with Gasteiger partial charge in [-0.15, -0.1) is 0 Å². The van der Waals surface area contributed by atoms with E-state index in [2.05, 4.69) is 17.4 Å². The van der Waals surface area contributed by atoms with Crippen molar-refractivity contribution < 1.29 is 14.1 Å². The maximum Gasteiger partial charge on any atom is 0.276 e. The quantitative estimate of drug-likeness (QED) is 0.646. The van der Waals surface area contributed by atoms with Gasteiger partial charge >= 0.3 is 0 Å². The van der Waals surface area contributed by atoms with Crippen LogP contribution < -0.4 is 5.32 Å². The summed E-state index contributed by atoms with van der Waals surface area (Å²) in [4.78, 5) is 28.8. The third-order valence-electron chi connectivity index (χ3n) is 4.88. The minimum absolute atomic E-state index is 0.0608. The van der Waals surface area contributed by atoms with Crippen molar-refractivity contribution in [2.45, 2.75) is 34.1 Å². The predicted molar refractivity (Wildman–Crippen MR) is 118 cm³/mol. The zero-order chi connectivity index (χ0) is 22.3. The molecule has 1 N–H and O–H groups in total. The lowest BCUT2D eigenvalue weighted by molar-refractivity contribution is -0.121. The van der Waals surface area contributed by atoms with Crippen molar-refractivity contribution in [3.8, 4) is 11.3 Å². The van der Waals surface area contributed by atoms with Crippen LogP contribution in [-0.2, 0) is 4.79 Å². The maximum atomic E-state index is 13.0. The van der Waals surface area contributed by atoms with Crippen LogP contribution in [0, 0.1) is 19.8 Å². The Bertz CT molecular complexity index is 858. The van der Waals surface area contributed by atoms with Gasteiger partial charge in [0, 0.05) is 44.2 Å². The Morgan fingerprint density at radius 2 is 1.83 bits per heavy atom. The fraction of sp³-hybridized carbons (Fsp3) is 0.522. The van der Waals surface area contributed by atoms with Gasteiger partial charge in [0.2, 0.25) is 5.91 Å². The number of rotatable bonds is 10. The third-order valence-corrected chi connectivity index (χ3v) is 4.88. The Morgan fingerprint density at radius 3 is 2.47 bits per heavy atom. The van der Waals surface area contributed by atoms with Crippen LogP contribution in [0.25, 0.3) is 11.3 Å². The first-order valence-corrected chi connectivity index (χ1v) is 10.4. The summed E-state index contributed by atoms with van der Waals surface area (Å²) < 4.78 is 5.44. The second-order valence-corrected chi connectivity index (χ2v) is 8.42. The van der Waals surface area contributed by atoms with Gasteiger partial charge in [0.05, 0.1) is 0 Å². The molecule has 0 fully saturated rings. The number of carbonyl (C=O) groups is 2. The topological polar surface area (TPSA) is 78.7 Å². The van der Waals surface area contributed by atoms with E-state index in [1.807, 2.05) is 58.0 Å². The molecule has 0 saturated heterocycles. The summed E-state index contributed by atoms with van der Waals surface area (Å²) in [6, 6.07) is 7.68. The van der Waals surface area contributed by atoms with Gasteiger partial charge in [0.25, 0.3) is 5.91 Å². The van der Waals surface area contributed by atoms with Crippen LogP contribution >= 0.6 is 0 Å². The zero-order valence-electron chi connectivity index (χ0n) is 19.0. The van der Waals surface area contributed by atoms with Gasteiger partial charge < -0.3 is 19.6 Å². The highest BCUT2D eigenvalue weighted by Gasteiger charge is 2.22. The number of likely N-dealkylation sites (N-methyl/N-ethyl adjacent to an activating group) is 1. The fourth-order valence-corrected chi connectivity index (χ4v) is 3.03. The van der Waals surface area contributed by atoms with Crippen molar-refractivity contribution in [2.75, 3.05) is 40.3 Å². The van der Waals surface area contributed by atoms with E-state index in [9.17, 15) is 9.59 Å². The van der Waals surface area contributed by atoms with Crippen molar-refractivity contribution in [1.29, 1.82) is 0 Å². The minimum atomic E-state index is -0.219. The minimum Gasteiger partial charge on any atom is -0.355 e. The van der Waals surface area contributed by atoms with E-state index in [0.29, 0.717) is 25.4 Å². The number of hydrogen-bond donors (Lipinski definition) is 1. The molecule has 0 bridgehead atoms. The molecule has 0 aliphatic carbocycles. The highest BCUT2D eigenvalue weighted by molar-refractivity contribution is 5.93. The van der Waals surface area contributed by atoms with E-state index in [-0.39, 0.29) is 29.8 Å². The van der Waals surface area contributed by atoms with E-state index < -0.39 is 0 Å². The van der Waals surface area contributed by atoms with Gasteiger partial charge in [-0.1, -0.05) is 31.1 Å². The molecule has 30 heavy (non-hydrogen) atoms. The van der Waals surface area contributed by atoms with Gasteiger partial charge in [-0.05, 0) is 51.1 Å². The van der Waals surface area contributed by atoms with Gasteiger partial charge in [-0.25, -0.2) is 0 Å². The molecule has 0 atom stereocenters. The predicted octanol–water partition coefficient (Wildman–Crippen LogP) is 3.12. The SMILES string of the molecule is Cc1ccc(-c2cc(C(=O)N(CCC(=O)NCCN(C)C)CC(C)C)no2)cc1C. The largest absolute Gasteiger partial charge is 0.355 e. The average Bonchev–Trinajstić information content (AvgIpc) is 3.16. The molecular weight excluding hydrogens is 380 g/mol. The molecule has 2 rings (SSSR count). The molecule has 1 aromatic heterocycles. The van der Waals surface area contributed by atoms with E-state index in [0.717, 1.165) is 17.7 Å². The molecule has 164 valence electrons. The number of benzene rings is 1. The van der Waals surface area contributed by atoms with Gasteiger partial charge in [-0.3, -0.25) is 9.59 Å². The van der Waals surface area contributed by atoms with Crippen LogP contribution in [0.2, 0.25) is 0 Å². The van der Waals surface area contributed by atoms with E-state index in [1.54, 1.807) is 11.0 Å². The summed E-state index contributed by atoms with van der Waals surface area (Å²) in [6.45, 7) is 10.4. The van der Waals surface area contributed by atoms with Crippen molar-refractivity contribution in [1.82, 2.24) is 20.3 Å². The molecule has 1 heterocycles. The Labute approximate surface area is 179 Å². The summed E-state index contributed by atoms with van der Waals surface area (Å²) in [7, 11) is 3.92. The number of nitrogens with zero attached hydrogens (tertiary/aromatic N) is 3. The molecule has 0 radical (unpaired) electrons. The number of aromatic nitrogens is 1. The Hall–Kier alpha value is -2.67. The lowest BCUT2D eigenvalue weighted by Crippen LogP contribution is -2.38. The first-order valence-electron chi connectivity index (χ1n) is 10.4. The molecule has 0 aliphatic rings. The summed E-state index contributed by atoms with van der Waals surface area (Å²) in [5, 5.41) is 6.88. The highest BCUT2D eigenvalue weighted by Crippen LogP contribution is 2.23. The Morgan fingerprint density at radius 1 is 1.10 bits per heavy atom.